The van der Waals surface area contributed by atoms with E-state index >= 15 is 0 Å². The maximum absolute atomic E-state index is 14.8. The van der Waals surface area contributed by atoms with Crippen molar-refractivity contribution < 1.29 is 58.2 Å². The van der Waals surface area contributed by atoms with E-state index in [9.17, 15) is 39.3 Å². The molecule has 0 aromatic heterocycles. The molecule has 1 aliphatic heterocycles. The molecule has 3 fully saturated rings. The molecule has 2 aromatic rings. The Bertz CT molecular complexity index is 1830. The van der Waals surface area contributed by atoms with Gasteiger partial charge in [0.1, 0.15) is 29.7 Å². The summed E-state index contributed by atoms with van der Waals surface area (Å²) in [4.78, 5) is 67.5. The van der Waals surface area contributed by atoms with Crippen molar-refractivity contribution in [1.82, 2.24) is 5.32 Å². The molecule has 1 saturated heterocycles. The van der Waals surface area contributed by atoms with Crippen molar-refractivity contribution in [1.29, 1.82) is 0 Å². The van der Waals surface area contributed by atoms with E-state index in [4.69, 9.17) is 18.9 Å². The lowest BCUT2D eigenvalue weighted by Crippen LogP contribution is -2.80. The highest BCUT2D eigenvalue weighted by molar-refractivity contribution is 5.91. The van der Waals surface area contributed by atoms with E-state index in [0.29, 0.717) is 16.7 Å². The second-order valence-corrected chi connectivity index (χ2v) is 15.5. The van der Waals surface area contributed by atoms with E-state index in [1.54, 1.807) is 76.2 Å². The fourth-order valence-electron chi connectivity index (χ4n) is 9.16. The third-order valence-corrected chi connectivity index (χ3v) is 12.3. The second-order valence-electron chi connectivity index (χ2n) is 15.5. The van der Waals surface area contributed by atoms with Crippen molar-refractivity contribution in [2.24, 2.45) is 16.7 Å². The predicted molar refractivity (Wildman–Crippen MR) is 187 cm³/mol. The summed E-state index contributed by atoms with van der Waals surface area (Å²) in [6.07, 6.45) is -7.73. The zero-order valence-electron chi connectivity index (χ0n) is 30.7. The Balaban J connectivity index is 1.49. The van der Waals surface area contributed by atoms with E-state index in [0.717, 1.165) is 0 Å². The average Bonchev–Trinajstić information content (AvgIpc) is 3.11. The molecule has 13 heteroatoms. The molecule has 4 aliphatic rings. The summed E-state index contributed by atoms with van der Waals surface area (Å²) in [5.41, 5.74) is -5.36. The predicted octanol–water partition coefficient (Wildman–Crippen LogP) is 2.90. The van der Waals surface area contributed by atoms with Crippen LogP contribution in [0.1, 0.15) is 82.8 Å². The van der Waals surface area contributed by atoms with Crippen LogP contribution in [-0.2, 0) is 38.1 Å². The number of carbonyl (C=O) groups excluding carboxylic acids is 5. The molecule has 2 aromatic carbocycles. The lowest BCUT2D eigenvalue weighted by molar-refractivity contribution is -0.344. The zero-order chi connectivity index (χ0) is 38.7. The number of fused-ring (bicyclic) bond motifs is 5. The van der Waals surface area contributed by atoms with Crippen LogP contribution >= 0.6 is 0 Å². The molecule has 9 unspecified atom stereocenters. The molecule has 13 nitrogen and oxygen atoms in total. The van der Waals surface area contributed by atoms with Gasteiger partial charge in [-0.1, -0.05) is 68.0 Å². The number of rotatable bonds is 8. The first-order valence-corrected chi connectivity index (χ1v) is 17.8. The van der Waals surface area contributed by atoms with Crippen LogP contribution in [0.25, 0.3) is 0 Å². The quantitative estimate of drug-likeness (QED) is 0.176. The maximum Gasteiger partial charge on any atom is 0.338 e. The van der Waals surface area contributed by atoms with Gasteiger partial charge in [-0.2, -0.15) is 0 Å². The average molecular weight is 734 g/mol. The van der Waals surface area contributed by atoms with Crippen molar-refractivity contribution in [3.05, 3.63) is 82.9 Å². The number of hydrogen-bond donors (Lipinski definition) is 4. The number of benzene rings is 2. The minimum atomic E-state index is -2.14. The largest absolute Gasteiger partial charge is 0.456 e. The SMILES string of the molecule is CC(=O)NC(c1ccccc1)C(O)C(=O)OC1CC2(O)C(OC(=O)c3ccccc3)C3C4(OC(C)=O)COC4CC(O)[C@@]3(C)C(=O)CC(=C1C)C2(C)C. The highest BCUT2D eigenvalue weighted by atomic mass is 16.6. The first-order chi connectivity index (χ1) is 24.9. The number of amides is 1. The van der Waals surface area contributed by atoms with Gasteiger partial charge in [-0.3, -0.25) is 14.4 Å². The Morgan fingerprint density at radius 1 is 0.962 bits per heavy atom. The van der Waals surface area contributed by atoms with Crippen molar-refractivity contribution in [2.75, 3.05) is 6.61 Å². The third-order valence-electron chi connectivity index (χ3n) is 12.3. The maximum atomic E-state index is 14.8. The van der Waals surface area contributed by atoms with Gasteiger partial charge < -0.3 is 39.6 Å². The van der Waals surface area contributed by atoms with Gasteiger partial charge in [0.15, 0.2) is 11.7 Å². The molecule has 4 N–H and O–H groups in total. The summed E-state index contributed by atoms with van der Waals surface area (Å²) < 4.78 is 24.2. The summed E-state index contributed by atoms with van der Waals surface area (Å²) in [5.74, 6) is -4.93. The molecule has 1 amide bonds. The Hall–Kier alpha value is -4.43. The molecule has 0 radical (unpaired) electrons. The van der Waals surface area contributed by atoms with Gasteiger partial charge in [0.2, 0.25) is 5.91 Å². The number of Topliss-reactive ketones (excluding diaryl/α,β-unsaturated/α-hetero) is 1. The number of ether oxygens (including phenoxy) is 4. The van der Waals surface area contributed by atoms with Gasteiger partial charge in [0, 0.05) is 38.5 Å². The first kappa shape index (κ1) is 38.3. The second kappa shape index (κ2) is 13.8. The molecular formula is C40H47NO12. The standard InChI is InChI=1S/C40H47NO12/c1-21-26-17-28(44)38(6)29(45)18-30-39(20-50-30,53-23(3)43)33(38)34(52-35(47)25-15-11-8-12-16-25)40(49,37(26,4)5)19-27(21)51-36(48)32(46)31(41-22(2)42)24-13-9-7-10-14-24/h7-16,27,29-34,45-46,49H,17-20H2,1-6H3,(H,41,42)/t27?,29?,30?,31?,32?,33?,34?,38-,39?,40?/m1/s1. The van der Waals surface area contributed by atoms with Gasteiger partial charge in [-0.05, 0) is 37.1 Å². The van der Waals surface area contributed by atoms with Gasteiger partial charge >= 0.3 is 17.9 Å². The van der Waals surface area contributed by atoms with Crippen LogP contribution in [-0.4, -0.2) is 93.2 Å². The van der Waals surface area contributed by atoms with Gasteiger partial charge in [0.05, 0.1) is 35.6 Å². The topological polar surface area (TPSA) is 195 Å². The highest BCUT2D eigenvalue weighted by Crippen LogP contribution is 2.64. The number of aliphatic hydroxyl groups excluding tert-OH is 2. The summed E-state index contributed by atoms with van der Waals surface area (Å²) in [5, 5.41) is 39.0. The van der Waals surface area contributed by atoms with Crippen LogP contribution < -0.4 is 5.32 Å². The third kappa shape index (κ3) is 6.17. The lowest BCUT2D eigenvalue weighted by atomic mass is 9.45. The number of nitrogens with one attached hydrogen (secondary N) is 1. The number of carbonyl (C=O) groups is 5. The minimum Gasteiger partial charge on any atom is -0.456 e. The molecule has 2 saturated carbocycles. The number of hydrogen-bond acceptors (Lipinski definition) is 12. The normalized spacial score (nSPS) is 34.1. The van der Waals surface area contributed by atoms with Gasteiger partial charge in [-0.15, -0.1) is 0 Å². The van der Waals surface area contributed by atoms with Crippen molar-refractivity contribution in [3.63, 3.8) is 0 Å². The molecule has 3 aliphatic carbocycles. The molecule has 1 heterocycles. The van der Waals surface area contributed by atoms with Crippen LogP contribution in [0.4, 0.5) is 0 Å². The molecule has 2 bridgehead atoms. The highest BCUT2D eigenvalue weighted by Gasteiger charge is 2.77. The van der Waals surface area contributed by atoms with Gasteiger partial charge in [0.25, 0.3) is 0 Å². The van der Waals surface area contributed by atoms with Crippen molar-refractivity contribution in [3.8, 4) is 0 Å². The van der Waals surface area contributed by atoms with E-state index in [2.05, 4.69) is 5.32 Å². The summed E-state index contributed by atoms with van der Waals surface area (Å²) in [6, 6.07) is 15.3. The van der Waals surface area contributed by atoms with E-state index in [1.165, 1.54) is 26.0 Å². The van der Waals surface area contributed by atoms with Crippen molar-refractivity contribution in [2.45, 2.75) is 109 Å². The van der Waals surface area contributed by atoms with Crippen LogP contribution in [0.2, 0.25) is 0 Å². The Morgan fingerprint density at radius 2 is 1.58 bits per heavy atom. The van der Waals surface area contributed by atoms with E-state index in [1.807, 2.05) is 0 Å². The fraction of sp³-hybridized carbons (Fsp3) is 0.525. The van der Waals surface area contributed by atoms with Crippen LogP contribution in [0.3, 0.4) is 0 Å². The van der Waals surface area contributed by atoms with Crippen LogP contribution in [0, 0.1) is 16.7 Å². The molecular weight excluding hydrogens is 686 g/mol. The zero-order valence-corrected chi connectivity index (χ0v) is 30.7. The summed E-state index contributed by atoms with van der Waals surface area (Å²) >= 11 is 0. The monoisotopic (exact) mass is 733 g/mol. The minimum absolute atomic E-state index is 0.0553. The smallest absolute Gasteiger partial charge is 0.338 e. The van der Waals surface area contributed by atoms with Crippen LogP contribution in [0.5, 0.6) is 0 Å². The Morgan fingerprint density at radius 3 is 2.15 bits per heavy atom. The number of ketones is 1. The Labute approximate surface area is 307 Å². The molecule has 284 valence electrons. The van der Waals surface area contributed by atoms with E-state index < -0.39 is 94.1 Å². The number of aliphatic hydroxyl groups is 3. The van der Waals surface area contributed by atoms with Gasteiger partial charge in [-0.25, -0.2) is 9.59 Å². The van der Waals surface area contributed by atoms with E-state index in [-0.39, 0.29) is 31.4 Å². The summed E-state index contributed by atoms with van der Waals surface area (Å²) in [7, 11) is 0. The van der Waals surface area contributed by atoms with Crippen LogP contribution in [0.15, 0.2) is 71.8 Å². The lowest BCUT2D eigenvalue weighted by Gasteiger charge is -2.67. The first-order valence-electron chi connectivity index (χ1n) is 17.8. The Kier molecular flexibility index (Phi) is 9.95. The molecule has 6 rings (SSSR count). The molecule has 0 spiro atoms. The molecule has 53 heavy (non-hydrogen) atoms. The fourth-order valence-corrected chi connectivity index (χ4v) is 9.16. The molecule has 10 atom stereocenters. The van der Waals surface area contributed by atoms with Crippen molar-refractivity contribution >= 4 is 29.6 Å². The summed E-state index contributed by atoms with van der Waals surface area (Å²) in [6.45, 7) is 8.87. The number of esters is 3.